The van der Waals surface area contributed by atoms with E-state index in [1.165, 1.54) is 12.8 Å². The predicted molar refractivity (Wildman–Crippen MR) is 83.7 cm³/mol. The molecule has 0 amide bonds. The average molecular weight is 327 g/mol. The van der Waals surface area contributed by atoms with Gasteiger partial charge in [0.2, 0.25) is 0 Å². The van der Waals surface area contributed by atoms with Gasteiger partial charge in [-0.3, -0.25) is 0 Å². The molecule has 1 aromatic rings. The minimum Gasteiger partial charge on any atom is -0.369 e. The molecule has 1 N–H and O–H groups in total. The summed E-state index contributed by atoms with van der Waals surface area (Å²) in [6, 6.07) is 0.660. The molecule has 2 rings (SSSR count). The summed E-state index contributed by atoms with van der Waals surface area (Å²) in [5.41, 5.74) is 0. The molecule has 1 aliphatic rings. The van der Waals surface area contributed by atoms with Gasteiger partial charge < -0.3 is 10.2 Å². The molecular weight excluding hydrogens is 304 g/mol. The highest BCUT2D eigenvalue weighted by atomic mass is 79.9. The quantitative estimate of drug-likeness (QED) is 0.829. The first-order chi connectivity index (χ1) is 9.13. The van der Waals surface area contributed by atoms with Crippen molar-refractivity contribution in [3.05, 3.63) is 10.8 Å². The van der Waals surface area contributed by atoms with Crippen molar-refractivity contribution in [2.75, 3.05) is 23.3 Å². The zero-order valence-electron chi connectivity index (χ0n) is 12.0. The lowest BCUT2D eigenvalue weighted by atomic mass is 10.2. The molecule has 106 valence electrons. The molecule has 1 fully saturated rings. The summed E-state index contributed by atoms with van der Waals surface area (Å²) in [6.45, 7) is 8.63. The van der Waals surface area contributed by atoms with E-state index in [0.29, 0.717) is 12.0 Å². The van der Waals surface area contributed by atoms with Gasteiger partial charge in [-0.25, -0.2) is 9.97 Å². The van der Waals surface area contributed by atoms with Crippen molar-refractivity contribution in [3.63, 3.8) is 0 Å². The molecule has 0 aromatic carbocycles. The second-order valence-electron chi connectivity index (χ2n) is 5.56. The third kappa shape index (κ3) is 3.81. The van der Waals surface area contributed by atoms with Crippen LogP contribution >= 0.6 is 15.9 Å². The number of nitrogens with one attached hydrogen (secondary N) is 1. The molecule has 0 spiro atoms. The van der Waals surface area contributed by atoms with Crippen molar-refractivity contribution in [2.24, 2.45) is 5.92 Å². The van der Waals surface area contributed by atoms with Gasteiger partial charge in [0.15, 0.2) is 0 Å². The van der Waals surface area contributed by atoms with Crippen LogP contribution in [0.5, 0.6) is 0 Å². The number of anilines is 2. The fraction of sp³-hybridized carbons (Fsp3) is 0.714. The Bertz CT molecular complexity index is 418. The van der Waals surface area contributed by atoms with Crippen LogP contribution in [0.2, 0.25) is 0 Å². The van der Waals surface area contributed by atoms with Crippen LogP contribution in [0.15, 0.2) is 10.8 Å². The number of hydrogen-bond donors (Lipinski definition) is 1. The number of hydrogen-bond acceptors (Lipinski definition) is 4. The fourth-order valence-corrected chi connectivity index (χ4v) is 2.69. The summed E-state index contributed by atoms with van der Waals surface area (Å²) in [5, 5.41) is 3.35. The zero-order valence-corrected chi connectivity index (χ0v) is 13.6. The molecule has 5 heteroatoms. The summed E-state index contributed by atoms with van der Waals surface area (Å²) < 4.78 is 0.996. The topological polar surface area (TPSA) is 41.1 Å². The predicted octanol–water partition coefficient (Wildman–Crippen LogP) is 3.69. The number of nitrogens with zero attached hydrogens (tertiary/aromatic N) is 3. The standard InChI is InChI=1S/C14H23BrN4/c1-4-7-16-13-12(15)14(18-9-17-13)19(8-10(2)3)11-5-6-11/h9-11H,4-8H2,1-3H3,(H,16,17,18). The number of aromatic nitrogens is 2. The monoisotopic (exact) mass is 326 g/mol. The van der Waals surface area contributed by atoms with E-state index in [-0.39, 0.29) is 0 Å². The molecule has 0 aliphatic heterocycles. The zero-order chi connectivity index (χ0) is 13.8. The van der Waals surface area contributed by atoms with E-state index in [2.05, 4.69) is 56.9 Å². The smallest absolute Gasteiger partial charge is 0.148 e. The van der Waals surface area contributed by atoms with Gasteiger partial charge in [0.25, 0.3) is 0 Å². The lowest BCUT2D eigenvalue weighted by Gasteiger charge is -2.26. The Morgan fingerprint density at radius 3 is 2.74 bits per heavy atom. The number of rotatable bonds is 7. The molecule has 1 aliphatic carbocycles. The summed E-state index contributed by atoms with van der Waals surface area (Å²) in [6.07, 6.45) is 5.31. The average Bonchev–Trinajstić information content (AvgIpc) is 3.19. The van der Waals surface area contributed by atoms with Gasteiger partial charge in [-0.05, 0) is 41.1 Å². The fourth-order valence-electron chi connectivity index (χ4n) is 2.12. The first-order valence-corrected chi connectivity index (χ1v) is 7.93. The third-order valence-electron chi connectivity index (χ3n) is 3.14. The van der Waals surface area contributed by atoms with Crippen LogP contribution in [0.1, 0.15) is 40.0 Å². The van der Waals surface area contributed by atoms with Gasteiger partial charge in [0.1, 0.15) is 22.4 Å². The van der Waals surface area contributed by atoms with Crippen molar-refractivity contribution < 1.29 is 0 Å². The lowest BCUT2D eigenvalue weighted by molar-refractivity contribution is 0.601. The van der Waals surface area contributed by atoms with E-state index in [9.17, 15) is 0 Å². The Hall–Kier alpha value is -0.840. The van der Waals surface area contributed by atoms with Crippen molar-refractivity contribution in [1.29, 1.82) is 0 Å². The highest BCUT2D eigenvalue weighted by Crippen LogP contribution is 2.37. The van der Waals surface area contributed by atoms with Gasteiger partial charge in [0, 0.05) is 19.1 Å². The first kappa shape index (κ1) is 14.6. The first-order valence-electron chi connectivity index (χ1n) is 7.14. The van der Waals surface area contributed by atoms with Crippen LogP contribution in [-0.4, -0.2) is 29.1 Å². The molecule has 0 saturated heterocycles. The van der Waals surface area contributed by atoms with Crippen molar-refractivity contribution in [1.82, 2.24) is 9.97 Å². The summed E-state index contributed by atoms with van der Waals surface area (Å²) in [7, 11) is 0. The summed E-state index contributed by atoms with van der Waals surface area (Å²) in [4.78, 5) is 11.2. The van der Waals surface area contributed by atoms with Crippen LogP contribution < -0.4 is 10.2 Å². The maximum absolute atomic E-state index is 4.49. The minimum absolute atomic E-state index is 0.634. The Morgan fingerprint density at radius 2 is 2.16 bits per heavy atom. The molecule has 0 bridgehead atoms. The normalized spacial score (nSPS) is 14.8. The second-order valence-corrected chi connectivity index (χ2v) is 6.36. The Kier molecular flexibility index (Phi) is 5.02. The maximum atomic E-state index is 4.49. The molecular formula is C14H23BrN4. The van der Waals surface area contributed by atoms with Crippen molar-refractivity contribution >= 4 is 27.6 Å². The molecule has 1 saturated carbocycles. The van der Waals surface area contributed by atoms with E-state index in [4.69, 9.17) is 0 Å². The Labute approximate surface area is 124 Å². The highest BCUT2D eigenvalue weighted by molar-refractivity contribution is 9.10. The van der Waals surface area contributed by atoms with Gasteiger partial charge in [-0.2, -0.15) is 0 Å². The van der Waals surface area contributed by atoms with E-state index in [0.717, 1.165) is 35.6 Å². The van der Waals surface area contributed by atoms with Gasteiger partial charge in [-0.1, -0.05) is 20.8 Å². The van der Waals surface area contributed by atoms with Crippen LogP contribution in [-0.2, 0) is 0 Å². The molecule has 19 heavy (non-hydrogen) atoms. The molecule has 1 heterocycles. The van der Waals surface area contributed by atoms with Crippen LogP contribution in [0.3, 0.4) is 0 Å². The molecule has 0 unspecified atom stereocenters. The Balaban J connectivity index is 2.21. The second kappa shape index (κ2) is 6.55. The van der Waals surface area contributed by atoms with Gasteiger partial charge >= 0.3 is 0 Å². The maximum Gasteiger partial charge on any atom is 0.148 e. The van der Waals surface area contributed by atoms with Crippen LogP contribution in [0.25, 0.3) is 0 Å². The van der Waals surface area contributed by atoms with E-state index in [1.807, 2.05) is 0 Å². The molecule has 1 aromatic heterocycles. The highest BCUT2D eigenvalue weighted by Gasteiger charge is 2.32. The van der Waals surface area contributed by atoms with E-state index < -0.39 is 0 Å². The summed E-state index contributed by atoms with van der Waals surface area (Å²) >= 11 is 3.67. The van der Waals surface area contributed by atoms with Gasteiger partial charge in [-0.15, -0.1) is 0 Å². The Morgan fingerprint density at radius 1 is 1.42 bits per heavy atom. The van der Waals surface area contributed by atoms with Crippen LogP contribution in [0.4, 0.5) is 11.6 Å². The molecule has 0 atom stereocenters. The van der Waals surface area contributed by atoms with E-state index >= 15 is 0 Å². The van der Waals surface area contributed by atoms with E-state index in [1.54, 1.807) is 6.33 Å². The minimum atomic E-state index is 0.634. The summed E-state index contributed by atoms with van der Waals surface area (Å²) in [5.74, 6) is 2.57. The van der Waals surface area contributed by atoms with Gasteiger partial charge in [0.05, 0.1) is 0 Å². The largest absolute Gasteiger partial charge is 0.369 e. The third-order valence-corrected chi connectivity index (χ3v) is 3.87. The van der Waals surface area contributed by atoms with Crippen molar-refractivity contribution in [2.45, 2.75) is 46.1 Å². The molecule has 4 nitrogen and oxygen atoms in total. The molecule has 0 radical (unpaired) electrons. The SMILES string of the molecule is CCCNc1ncnc(N(CC(C)C)C2CC2)c1Br. The van der Waals surface area contributed by atoms with Crippen LogP contribution in [0, 0.1) is 5.92 Å². The number of halogens is 1. The van der Waals surface area contributed by atoms with Crippen molar-refractivity contribution in [3.8, 4) is 0 Å². The lowest BCUT2D eigenvalue weighted by Crippen LogP contribution is -2.31.